The molecule has 166 valence electrons. The maximum Gasteiger partial charge on any atom is 0.248 e. The minimum atomic E-state index is -0.861. The summed E-state index contributed by atoms with van der Waals surface area (Å²) in [5, 5.41) is 14.8. The number of rotatable bonds is 7. The smallest absolute Gasteiger partial charge is 0.248 e. The second kappa shape index (κ2) is 9.32. The lowest BCUT2D eigenvalue weighted by Gasteiger charge is -2.36. The molecule has 2 aromatic heterocycles. The number of aliphatic hydroxyl groups excluding tert-OH is 1. The molecule has 1 saturated heterocycles. The van der Waals surface area contributed by atoms with E-state index in [1.807, 2.05) is 12.1 Å². The zero-order valence-electron chi connectivity index (χ0n) is 17.9. The first-order chi connectivity index (χ1) is 15.7. The molecular weight excluding hydrogens is 422 g/mol. The number of fused-ring (bicyclic) bond motifs is 2. The van der Waals surface area contributed by atoms with Crippen LogP contribution in [0.3, 0.4) is 0 Å². The number of hydrogen-bond donors (Lipinski definition) is 2. The SMILES string of the molecule is O=c1ccc2ccc(OC(O)CCCN3CCN(c4cccc5sccc45)CC3)cc2[nH]1. The Morgan fingerprint density at radius 3 is 2.78 bits per heavy atom. The van der Waals surface area contributed by atoms with Crippen LogP contribution in [0.5, 0.6) is 5.75 Å². The number of thiophene rings is 1. The van der Waals surface area contributed by atoms with Gasteiger partial charge in [-0.25, -0.2) is 0 Å². The molecule has 0 spiro atoms. The number of hydrogen-bond acceptors (Lipinski definition) is 6. The Morgan fingerprint density at radius 1 is 1.06 bits per heavy atom. The summed E-state index contributed by atoms with van der Waals surface area (Å²) in [6.07, 6.45) is 0.573. The molecule has 1 aliphatic heterocycles. The molecule has 0 saturated carbocycles. The zero-order chi connectivity index (χ0) is 21.9. The molecule has 1 unspecified atom stereocenters. The maximum absolute atomic E-state index is 11.5. The van der Waals surface area contributed by atoms with Crippen molar-refractivity contribution in [2.75, 3.05) is 37.6 Å². The van der Waals surface area contributed by atoms with E-state index in [-0.39, 0.29) is 5.56 Å². The van der Waals surface area contributed by atoms with Crippen molar-refractivity contribution < 1.29 is 9.84 Å². The molecule has 3 heterocycles. The van der Waals surface area contributed by atoms with Gasteiger partial charge in [-0.3, -0.25) is 9.69 Å². The van der Waals surface area contributed by atoms with Crippen molar-refractivity contribution >= 4 is 38.0 Å². The first-order valence-corrected chi connectivity index (χ1v) is 11.9. The van der Waals surface area contributed by atoms with Crippen LogP contribution in [0, 0.1) is 0 Å². The lowest BCUT2D eigenvalue weighted by Crippen LogP contribution is -2.46. The summed E-state index contributed by atoms with van der Waals surface area (Å²) in [6.45, 7) is 5.03. The van der Waals surface area contributed by atoms with Crippen LogP contribution in [-0.4, -0.2) is 54.0 Å². The standard InChI is InChI=1S/C25H27N3O3S/c29-24-9-7-18-6-8-19(17-21(18)26-24)31-25(30)5-2-11-27-12-14-28(15-13-27)22-3-1-4-23-20(22)10-16-32-23/h1,3-4,6-10,16-17,25,30H,2,5,11-15H2,(H,26,29). The number of aromatic nitrogens is 1. The van der Waals surface area contributed by atoms with Gasteiger partial charge < -0.3 is 19.7 Å². The average Bonchev–Trinajstić information content (AvgIpc) is 3.28. The number of piperazine rings is 1. The first kappa shape index (κ1) is 21.0. The van der Waals surface area contributed by atoms with Crippen molar-refractivity contribution in [1.82, 2.24) is 9.88 Å². The first-order valence-electron chi connectivity index (χ1n) is 11.1. The molecule has 0 amide bonds. The van der Waals surface area contributed by atoms with E-state index in [0.717, 1.165) is 44.5 Å². The molecule has 0 bridgehead atoms. The highest BCUT2D eigenvalue weighted by Gasteiger charge is 2.19. The van der Waals surface area contributed by atoms with E-state index in [2.05, 4.69) is 44.4 Å². The Labute approximate surface area is 190 Å². The largest absolute Gasteiger partial charge is 0.465 e. The predicted molar refractivity (Wildman–Crippen MR) is 131 cm³/mol. The lowest BCUT2D eigenvalue weighted by molar-refractivity contribution is -0.0256. The highest BCUT2D eigenvalue weighted by molar-refractivity contribution is 7.17. The fourth-order valence-corrected chi connectivity index (χ4v) is 5.18. The Bertz CT molecular complexity index is 1260. The monoisotopic (exact) mass is 449 g/mol. The van der Waals surface area contributed by atoms with Gasteiger partial charge in [0, 0.05) is 60.5 Å². The predicted octanol–water partition coefficient (Wildman–Crippen LogP) is 4.04. The minimum absolute atomic E-state index is 0.151. The number of aromatic amines is 1. The highest BCUT2D eigenvalue weighted by atomic mass is 32.1. The molecule has 0 radical (unpaired) electrons. The number of pyridine rings is 1. The van der Waals surface area contributed by atoms with Gasteiger partial charge in [0.05, 0.1) is 5.52 Å². The van der Waals surface area contributed by atoms with Crippen LogP contribution < -0.4 is 15.2 Å². The van der Waals surface area contributed by atoms with Crippen molar-refractivity contribution in [3.05, 3.63) is 70.3 Å². The van der Waals surface area contributed by atoms with E-state index in [0.29, 0.717) is 17.7 Å². The molecule has 32 heavy (non-hydrogen) atoms. The second-order valence-electron chi connectivity index (χ2n) is 8.22. The molecule has 2 aromatic carbocycles. The van der Waals surface area contributed by atoms with Gasteiger partial charge in [-0.2, -0.15) is 0 Å². The topological polar surface area (TPSA) is 68.8 Å². The van der Waals surface area contributed by atoms with Gasteiger partial charge in [0.15, 0.2) is 6.29 Å². The van der Waals surface area contributed by atoms with Crippen molar-refractivity contribution in [2.24, 2.45) is 0 Å². The van der Waals surface area contributed by atoms with Gasteiger partial charge in [0.25, 0.3) is 0 Å². The molecule has 2 N–H and O–H groups in total. The molecule has 5 rings (SSSR count). The lowest BCUT2D eigenvalue weighted by atomic mass is 10.1. The van der Waals surface area contributed by atoms with E-state index in [4.69, 9.17) is 4.74 Å². The Kier molecular flexibility index (Phi) is 6.12. The summed E-state index contributed by atoms with van der Waals surface area (Å²) >= 11 is 1.79. The number of aliphatic hydroxyl groups is 1. The van der Waals surface area contributed by atoms with Gasteiger partial charge in [0.2, 0.25) is 5.56 Å². The average molecular weight is 450 g/mol. The second-order valence-corrected chi connectivity index (χ2v) is 9.17. The molecule has 1 aliphatic rings. The number of nitrogens with one attached hydrogen (secondary N) is 1. The van der Waals surface area contributed by atoms with Crippen LogP contribution in [0.4, 0.5) is 5.69 Å². The van der Waals surface area contributed by atoms with Crippen LogP contribution in [0.25, 0.3) is 21.0 Å². The van der Waals surface area contributed by atoms with Crippen molar-refractivity contribution in [3.8, 4) is 5.75 Å². The van der Waals surface area contributed by atoms with Gasteiger partial charge in [0.1, 0.15) is 5.75 Å². The quantitative estimate of drug-likeness (QED) is 0.417. The maximum atomic E-state index is 11.5. The number of nitrogens with zero attached hydrogens (tertiary/aromatic N) is 2. The van der Waals surface area contributed by atoms with Crippen molar-refractivity contribution in [2.45, 2.75) is 19.1 Å². The van der Waals surface area contributed by atoms with Crippen LogP contribution in [0.1, 0.15) is 12.8 Å². The fourth-order valence-electron chi connectivity index (χ4n) is 4.37. The molecule has 6 nitrogen and oxygen atoms in total. The third kappa shape index (κ3) is 4.65. The van der Waals surface area contributed by atoms with Crippen LogP contribution in [0.2, 0.25) is 0 Å². The van der Waals surface area contributed by atoms with E-state index in [9.17, 15) is 9.90 Å². The van der Waals surface area contributed by atoms with Crippen LogP contribution in [-0.2, 0) is 0 Å². The number of H-pyrrole nitrogens is 1. The number of anilines is 1. The summed E-state index contributed by atoms with van der Waals surface area (Å²) in [7, 11) is 0. The molecule has 0 aliphatic carbocycles. The van der Waals surface area contributed by atoms with Crippen molar-refractivity contribution in [1.29, 1.82) is 0 Å². The van der Waals surface area contributed by atoms with E-state index >= 15 is 0 Å². The van der Waals surface area contributed by atoms with Gasteiger partial charge in [-0.05, 0) is 60.1 Å². The fraction of sp³-hybridized carbons (Fsp3) is 0.320. The summed E-state index contributed by atoms with van der Waals surface area (Å²) in [5.74, 6) is 0.558. The van der Waals surface area contributed by atoms with E-state index in [1.165, 1.54) is 21.8 Å². The molecule has 4 aromatic rings. The Hall–Kier alpha value is -2.87. The Morgan fingerprint density at radius 2 is 1.91 bits per heavy atom. The highest BCUT2D eigenvalue weighted by Crippen LogP contribution is 2.31. The van der Waals surface area contributed by atoms with Gasteiger partial charge in [-0.15, -0.1) is 11.3 Å². The molecule has 1 atom stereocenters. The Balaban J connectivity index is 1.08. The third-order valence-electron chi connectivity index (χ3n) is 6.08. The molecule has 1 fully saturated rings. The van der Waals surface area contributed by atoms with E-state index < -0.39 is 6.29 Å². The molecular formula is C25H27N3O3S. The van der Waals surface area contributed by atoms with Crippen LogP contribution in [0.15, 0.2) is 64.8 Å². The zero-order valence-corrected chi connectivity index (χ0v) is 18.7. The number of ether oxygens (including phenoxy) is 1. The number of benzene rings is 2. The summed E-state index contributed by atoms with van der Waals surface area (Å²) in [6, 6.07) is 17.5. The summed E-state index contributed by atoms with van der Waals surface area (Å²) in [5.41, 5.74) is 1.89. The van der Waals surface area contributed by atoms with Crippen molar-refractivity contribution in [3.63, 3.8) is 0 Å². The normalized spacial score (nSPS) is 16.0. The van der Waals surface area contributed by atoms with E-state index in [1.54, 1.807) is 23.5 Å². The summed E-state index contributed by atoms with van der Waals surface area (Å²) in [4.78, 5) is 19.2. The molecule has 7 heteroatoms. The summed E-state index contributed by atoms with van der Waals surface area (Å²) < 4.78 is 7.01. The minimum Gasteiger partial charge on any atom is -0.465 e. The van der Waals surface area contributed by atoms with Crippen LogP contribution >= 0.6 is 11.3 Å². The van der Waals surface area contributed by atoms with Gasteiger partial charge >= 0.3 is 0 Å². The third-order valence-corrected chi connectivity index (χ3v) is 6.96. The van der Waals surface area contributed by atoms with Gasteiger partial charge in [-0.1, -0.05) is 6.07 Å².